The van der Waals surface area contributed by atoms with Crippen molar-refractivity contribution >= 4 is 27.5 Å². The molecule has 0 unspecified atom stereocenters. The Morgan fingerprint density at radius 1 is 1.40 bits per heavy atom. The normalized spacial score (nSPS) is 8.50. The first kappa shape index (κ1) is 8.96. The first-order valence-electron chi connectivity index (χ1n) is 2.16. The Balaban J connectivity index is 4.14. The van der Waals surface area contributed by atoms with Gasteiger partial charge in [0.2, 0.25) is 10.3 Å². The third kappa shape index (κ3) is 5.10. The Hall–Kier alpha value is -1.04. The van der Waals surface area contributed by atoms with Crippen LogP contribution in [0.15, 0.2) is 0 Å². The van der Waals surface area contributed by atoms with E-state index in [0.29, 0.717) is 0 Å². The van der Waals surface area contributed by atoms with Crippen LogP contribution in [-0.2, 0) is 19.9 Å². The Morgan fingerprint density at radius 2 is 1.90 bits per heavy atom. The maximum atomic E-state index is 11.3. The first-order valence-corrected chi connectivity index (χ1v) is 3.30. The van der Waals surface area contributed by atoms with Crippen LogP contribution in [0.4, 0.5) is 4.39 Å². The molecule has 0 aromatic rings. The molecule has 56 valence electrons. The minimum Gasteiger partial charge on any atom is -0.293 e. The van der Waals surface area contributed by atoms with Crippen LogP contribution >= 0.6 is 0 Å². The lowest BCUT2D eigenvalue weighted by atomic mass is 10.3. The molecule has 0 aromatic heterocycles. The molecular formula is C4H3FO4S. The third-order valence-electron chi connectivity index (χ3n) is 0.541. The fourth-order valence-electron chi connectivity index (χ4n) is 0.286. The molecule has 6 heteroatoms. The monoisotopic (exact) mass is 166 g/mol. The third-order valence-corrected chi connectivity index (χ3v) is 0.996. The lowest BCUT2D eigenvalue weighted by Crippen LogP contribution is -2.04. The van der Waals surface area contributed by atoms with Gasteiger partial charge < -0.3 is 0 Å². The van der Waals surface area contributed by atoms with Crippen LogP contribution in [0.25, 0.3) is 0 Å². The molecule has 0 aliphatic carbocycles. The molecular weight excluding hydrogens is 163 g/mol. The van der Waals surface area contributed by atoms with E-state index in [-0.39, 0.29) is 5.37 Å². The number of carbonyl (C=O) groups is 2. The highest BCUT2D eigenvalue weighted by molar-refractivity contribution is 7.73. The standard InChI is InChI=1S/C4H3FO4S/c5-4(7)1-3(6)2-10(8)9/h2H,1H2. The van der Waals surface area contributed by atoms with Gasteiger partial charge in [0, 0.05) is 0 Å². The molecule has 0 saturated heterocycles. The van der Waals surface area contributed by atoms with Crippen molar-refractivity contribution in [1.29, 1.82) is 0 Å². The van der Waals surface area contributed by atoms with Crippen LogP contribution in [0.1, 0.15) is 6.42 Å². The Labute approximate surface area is 57.2 Å². The molecule has 0 aliphatic rings. The van der Waals surface area contributed by atoms with Crippen LogP contribution in [0.3, 0.4) is 0 Å². The van der Waals surface area contributed by atoms with Crippen LogP contribution in [0, 0.1) is 0 Å². The van der Waals surface area contributed by atoms with Crippen molar-refractivity contribution in [2.45, 2.75) is 6.42 Å². The summed E-state index contributed by atoms with van der Waals surface area (Å²) in [6.07, 6.45) is -1.01. The highest BCUT2D eigenvalue weighted by Gasteiger charge is 2.04. The van der Waals surface area contributed by atoms with Crippen molar-refractivity contribution in [3.05, 3.63) is 0 Å². The summed E-state index contributed by atoms with van der Waals surface area (Å²) < 4.78 is 30.7. The van der Waals surface area contributed by atoms with Crippen molar-refractivity contribution in [1.82, 2.24) is 0 Å². The van der Waals surface area contributed by atoms with Gasteiger partial charge in [-0.3, -0.25) is 9.59 Å². The first-order chi connectivity index (χ1) is 4.52. The van der Waals surface area contributed by atoms with Gasteiger partial charge >= 0.3 is 6.04 Å². The topological polar surface area (TPSA) is 68.3 Å². The van der Waals surface area contributed by atoms with Gasteiger partial charge in [0.05, 0.1) is 0 Å². The van der Waals surface area contributed by atoms with E-state index in [9.17, 15) is 22.4 Å². The van der Waals surface area contributed by atoms with Crippen molar-refractivity contribution in [3.8, 4) is 0 Å². The molecule has 0 saturated carbocycles. The predicted octanol–water partition coefficient (Wildman–Crippen LogP) is -0.877. The predicted molar refractivity (Wildman–Crippen MR) is 30.7 cm³/mol. The van der Waals surface area contributed by atoms with Gasteiger partial charge in [0.25, 0.3) is 0 Å². The van der Waals surface area contributed by atoms with Crippen LogP contribution in [0.5, 0.6) is 0 Å². The lowest BCUT2D eigenvalue weighted by molar-refractivity contribution is -0.131. The molecule has 0 aromatic carbocycles. The highest BCUT2D eigenvalue weighted by atomic mass is 32.2. The maximum absolute atomic E-state index is 11.3. The summed E-state index contributed by atoms with van der Waals surface area (Å²) in [5, 5.41) is 0.247. The summed E-state index contributed by atoms with van der Waals surface area (Å²) in [5.41, 5.74) is 0. The Morgan fingerprint density at radius 3 is 2.20 bits per heavy atom. The number of Topliss-reactive ketones (excluding diaryl/α,β-unsaturated/α-hetero) is 1. The quantitative estimate of drug-likeness (QED) is 0.310. The van der Waals surface area contributed by atoms with E-state index < -0.39 is 28.5 Å². The summed E-state index contributed by atoms with van der Waals surface area (Å²) in [4.78, 5) is 19.7. The summed E-state index contributed by atoms with van der Waals surface area (Å²) >= 11 is 0. The maximum Gasteiger partial charge on any atom is 0.309 e. The molecule has 0 heterocycles. The molecule has 10 heavy (non-hydrogen) atoms. The van der Waals surface area contributed by atoms with Gasteiger partial charge in [-0.15, -0.1) is 0 Å². The molecule has 0 spiro atoms. The second kappa shape index (κ2) is 3.89. The number of halogens is 1. The minimum atomic E-state index is -2.66. The molecule has 0 fully saturated rings. The van der Waals surface area contributed by atoms with Gasteiger partial charge in [-0.1, -0.05) is 0 Å². The number of ketones is 1. The van der Waals surface area contributed by atoms with E-state index in [1.54, 1.807) is 0 Å². The molecule has 0 amide bonds. The number of carbonyl (C=O) groups excluding carboxylic acids is 2. The number of hydrogen-bond donors (Lipinski definition) is 0. The average Bonchev–Trinajstić information content (AvgIpc) is 1.58. The Kier molecular flexibility index (Phi) is 3.48. The zero-order chi connectivity index (χ0) is 8.15. The number of rotatable bonds is 3. The van der Waals surface area contributed by atoms with Crippen LogP contribution < -0.4 is 0 Å². The van der Waals surface area contributed by atoms with Crippen LogP contribution in [0.2, 0.25) is 0 Å². The molecule has 0 rings (SSSR count). The van der Waals surface area contributed by atoms with E-state index in [1.165, 1.54) is 0 Å². The minimum absolute atomic E-state index is 0.247. The van der Waals surface area contributed by atoms with Gasteiger partial charge in [0.1, 0.15) is 11.8 Å². The fourth-order valence-corrected chi connectivity index (χ4v) is 0.584. The zero-order valence-electron chi connectivity index (χ0n) is 4.70. The summed E-state index contributed by atoms with van der Waals surface area (Å²) in [7, 11) is -2.66. The van der Waals surface area contributed by atoms with Gasteiger partial charge in [-0.25, -0.2) is 0 Å². The van der Waals surface area contributed by atoms with E-state index in [4.69, 9.17) is 0 Å². The van der Waals surface area contributed by atoms with Crippen molar-refractivity contribution in [2.75, 3.05) is 0 Å². The van der Waals surface area contributed by atoms with E-state index in [2.05, 4.69) is 0 Å². The van der Waals surface area contributed by atoms with E-state index in [1.807, 2.05) is 0 Å². The SMILES string of the molecule is O=C(F)CC(=O)C=S(=O)=O. The second-order valence-electron chi connectivity index (χ2n) is 1.38. The van der Waals surface area contributed by atoms with Crippen molar-refractivity contribution in [3.63, 3.8) is 0 Å². The molecule has 0 atom stereocenters. The molecule has 0 bridgehead atoms. The van der Waals surface area contributed by atoms with E-state index in [0.717, 1.165) is 0 Å². The molecule has 0 aliphatic heterocycles. The van der Waals surface area contributed by atoms with Gasteiger partial charge in [0.15, 0.2) is 5.78 Å². The van der Waals surface area contributed by atoms with E-state index >= 15 is 0 Å². The fraction of sp³-hybridized carbons (Fsp3) is 0.250. The second-order valence-corrected chi connectivity index (χ2v) is 2.13. The van der Waals surface area contributed by atoms with Crippen molar-refractivity contribution < 1.29 is 22.4 Å². The molecule has 0 N–H and O–H groups in total. The van der Waals surface area contributed by atoms with Crippen LogP contribution in [-0.4, -0.2) is 25.6 Å². The van der Waals surface area contributed by atoms with Gasteiger partial charge in [-0.2, -0.15) is 12.8 Å². The Bertz CT molecular complexity index is 268. The smallest absolute Gasteiger partial charge is 0.293 e. The average molecular weight is 166 g/mol. The summed E-state index contributed by atoms with van der Waals surface area (Å²) in [5.74, 6) is -1.05. The summed E-state index contributed by atoms with van der Waals surface area (Å²) in [6, 6.07) is -1.84. The summed E-state index contributed by atoms with van der Waals surface area (Å²) in [6.45, 7) is 0. The number of hydrogen-bond acceptors (Lipinski definition) is 4. The zero-order valence-corrected chi connectivity index (χ0v) is 5.52. The van der Waals surface area contributed by atoms with Crippen molar-refractivity contribution in [2.24, 2.45) is 0 Å². The largest absolute Gasteiger partial charge is 0.309 e. The molecule has 4 nitrogen and oxygen atoms in total. The highest BCUT2D eigenvalue weighted by Crippen LogP contribution is 1.82. The lowest BCUT2D eigenvalue weighted by Gasteiger charge is -1.79. The molecule has 0 radical (unpaired) electrons. The van der Waals surface area contributed by atoms with Gasteiger partial charge in [-0.05, 0) is 0 Å².